The topological polar surface area (TPSA) is 67.1 Å². The third-order valence-corrected chi connectivity index (χ3v) is 8.10. The number of nitrogens with two attached hydrogens (primary N) is 1. The number of anilines is 2. The molecule has 3 heterocycles. The largest absolute Gasteiger partial charge is 0.369 e. The molecule has 2 aliphatic heterocycles. The molecular weight excluding hydrogens is 428 g/mol. The number of rotatable bonds is 5. The molecule has 5 rings (SSSR count). The molecule has 0 unspecified atom stereocenters. The van der Waals surface area contributed by atoms with Crippen LogP contribution in [-0.2, 0) is 12.5 Å². The number of nitrogens with zero attached hydrogens (tertiary/aromatic N) is 3. The van der Waals surface area contributed by atoms with E-state index in [0.29, 0.717) is 24.6 Å². The molecule has 8 heteroatoms. The van der Waals surface area contributed by atoms with E-state index in [4.69, 9.17) is 15.7 Å². The van der Waals surface area contributed by atoms with Gasteiger partial charge in [0.2, 0.25) is 5.95 Å². The Bertz CT molecular complexity index is 1140. The van der Waals surface area contributed by atoms with Crippen LogP contribution in [0.4, 0.5) is 20.5 Å². The van der Waals surface area contributed by atoms with Crippen molar-refractivity contribution in [1.29, 1.82) is 0 Å². The van der Waals surface area contributed by atoms with Crippen molar-refractivity contribution in [1.82, 2.24) is 9.97 Å². The molecule has 2 aliphatic rings. The van der Waals surface area contributed by atoms with Gasteiger partial charge in [0, 0.05) is 60.5 Å². The van der Waals surface area contributed by atoms with Gasteiger partial charge in [-0.05, 0) is 24.6 Å². The standard InChI is InChI=1S/C24H27F2N5S/c1-16-6-7-20-18(10-16)21(28-13-23(12-27)14-32-15-23)30-22(29-20)31-9-8-24(25,26)19-5-3-2-4-17(19)11-31/h2-7,10H,8-9,11-15,27H2,1H3,(H,28,29,30). The zero-order valence-corrected chi connectivity index (χ0v) is 18.9. The van der Waals surface area contributed by atoms with Gasteiger partial charge in [0.15, 0.2) is 0 Å². The minimum Gasteiger partial charge on any atom is -0.369 e. The number of hydrogen-bond donors (Lipinski definition) is 2. The Morgan fingerprint density at radius 3 is 2.72 bits per heavy atom. The average Bonchev–Trinajstić information content (AvgIpc) is 2.89. The van der Waals surface area contributed by atoms with Crippen LogP contribution in [-0.4, -0.2) is 41.1 Å². The van der Waals surface area contributed by atoms with Crippen LogP contribution in [0.15, 0.2) is 42.5 Å². The Labute approximate surface area is 190 Å². The number of nitrogens with one attached hydrogen (secondary N) is 1. The fourth-order valence-electron chi connectivity index (χ4n) is 4.34. The molecule has 32 heavy (non-hydrogen) atoms. The van der Waals surface area contributed by atoms with E-state index in [1.165, 1.54) is 6.07 Å². The molecule has 2 aromatic carbocycles. The van der Waals surface area contributed by atoms with Crippen LogP contribution >= 0.6 is 11.8 Å². The fourth-order valence-corrected chi connectivity index (χ4v) is 5.56. The Hall–Kier alpha value is -2.45. The van der Waals surface area contributed by atoms with Crippen molar-refractivity contribution in [3.8, 4) is 0 Å². The summed E-state index contributed by atoms with van der Waals surface area (Å²) in [6, 6.07) is 12.8. The quantitative estimate of drug-likeness (QED) is 0.589. The van der Waals surface area contributed by atoms with Crippen LogP contribution in [0.5, 0.6) is 0 Å². The summed E-state index contributed by atoms with van der Waals surface area (Å²) in [6.07, 6.45) is -0.268. The summed E-state index contributed by atoms with van der Waals surface area (Å²) in [4.78, 5) is 11.5. The van der Waals surface area contributed by atoms with Gasteiger partial charge in [-0.3, -0.25) is 0 Å². The van der Waals surface area contributed by atoms with Crippen LogP contribution in [0.1, 0.15) is 23.1 Å². The van der Waals surface area contributed by atoms with Crippen LogP contribution in [0.25, 0.3) is 10.9 Å². The van der Waals surface area contributed by atoms with E-state index < -0.39 is 5.92 Å². The van der Waals surface area contributed by atoms with E-state index in [1.807, 2.05) is 35.7 Å². The molecule has 0 amide bonds. The highest BCUT2D eigenvalue weighted by Gasteiger charge is 2.38. The summed E-state index contributed by atoms with van der Waals surface area (Å²) in [7, 11) is 0. The maximum Gasteiger partial charge on any atom is 0.275 e. The van der Waals surface area contributed by atoms with Crippen LogP contribution in [0.2, 0.25) is 0 Å². The minimum absolute atomic E-state index is 0.0789. The first-order valence-corrected chi connectivity index (χ1v) is 12.1. The molecule has 0 radical (unpaired) electrons. The number of hydrogen-bond acceptors (Lipinski definition) is 6. The number of alkyl halides is 2. The van der Waals surface area contributed by atoms with Crippen molar-refractivity contribution in [3.63, 3.8) is 0 Å². The van der Waals surface area contributed by atoms with Gasteiger partial charge in [-0.15, -0.1) is 0 Å². The molecular formula is C24H27F2N5S. The zero-order valence-electron chi connectivity index (χ0n) is 18.1. The van der Waals surface area contributed by atoms with Gasteiger partial charge in [-0.1, -0.05) is 35.9 Å². The number of aromatic nitrogens is 2. The molecule has 0 aliphatic carbocycles. The molecule has 168 valence electrons. The highest BCUT2D eigenvalue weighted by Crippen LogP contribution is 2.39. The highest BCUT2D eigenvalue weighted by atomic mass is 32.2. The summed E-state index contributed by atoms with van der Waals surface area (Å²) < 4.78 is 29.5. The van der Waals surface area contributed by atoms with Gasteiger partial charge >= 0.3 is 0 Å². The first kappa shape index (κ1) is 21.4. The van der Waals surface area contributed by atoms with Crippen molar-refractivity contribution >= 4 is 34.4 Å². The van der Waals surface area contributed by atoms with Gasteiger partial charge in [0.1, 0.15) is 5.82 Å². The number of halogens is 2. The van der Waals surface area contributed by atoms with E-state index >= 15 is 0 Å². The summed E-state index contributed by atoms with van der Waals surface area (Å²) in [5.41, 5.74) is 8.76. The SMILES string of the molecule is Cc1ccc2nc(N3CCC(F)(F)c4ccccc4C3)nc(NCC3(CN)CSC3)c2c1. The first-order valence-electron chi connectivity index (χ1n) is 10.9. The third-order valence-electron chi connectivity index (χ3n) is 6.47. The molecule has 3 N–H and O–H groups in total. The summed E-state index contributed by atoms with van der Waals surface area (Å²) in [5.74, 6) is 0.409. The summed E-state index contributed by atoms with van der Waals surface area (Å²) >= 11 is 1.90. The zero-order chi connectivity index (χ0) is 22.3. The molecule has 0 spiro atoms. The van der Waals surface area contributed by atoms with Gasteiger partial charge in [0.05, 0.1) is 5.52 Å². The van der Waals surface area contributed by atoms with Crippen LogP contribution in [0, 0.1) is 12.3 Å². The third kappa shape index (κ3) is 3.90. The van der Waals surface area contributed by atoms with Gasteiger partial charge in [0.25, 0.3) is 5.92 Å². The maximum atomic E-state index is 14.8. The molecule has 1 aromatic heterocycles. The van der Waals surface area contributed by atoms with E-state index in [1.54, 1.807) is 18.2 Å². The number of thioether (sulfide) groups is 1. The van der Waals surface area contributed by atoms with E-state index in [2.05, 4.69) is 11.4 Å². The molecule has 1 saturated heterocycles. The van der Waals surface area contributed by atoms with Crippen molar-refractivity contribution < 1.29 is 8.78 Å². The van der Waals surface area contributed by atoms with Crippen LogP contribution in [0.3, 0.4) is 0 Å². The molecule has 3 aromatic rings. The van der Waals surface area contributed by atoms with E-state index in [-0.39, 0.29) is 23.9 Å². The van der Waals surface area contributed by atoms with Crippen molar-refractivity contribution in [2.75, 3.05) is 41.4 Å². The first-order chi connectivity index (χ1) is 15.4. The maximum absolute atomic E-state index is 14.8. The lowest BCUT2D eigenvalue weighted by atomic mass is 9.92. The van der Waals surface area contributed by atoms with Gasteiger partial charge in [-0.25, -0.2) is 13.8 Å². The predicted octanol–water partition coefficient (Wildman–Crippen LogP) is 4.54. The average molecular weight is 456 g/mol. The Morgan fingerprint density at radius 2 is 1.97 bits per heavy atom. The molecule has 0 saturated carbocycles. The lowest BCUT2D eigenvalue weighted by molar-refractivity contribution is -0.00969. The lowest BCUT2D eigenvalue weighted by Gasteiger charge is -2.40. The monoisotopic (exact) mass is 455 g/mol. The summed E-state index contributed by atoms with van der Waals surface area (Å²) in [6.45, 7) is 3.93. The predicted molar refractivity (Wildman–Crippen MR) is 128 cm³/mol. The Kier molecular flexibility index (Phi) is 5.45. The van der Waals surface area contributed by atoms with E-state index in [9.17, 15) is 8.78 Å². The lowest BCUT2D eigenvalue weighted by Crippen LogP contribution is -2.48. The molecule has 1 fully saturated rings. The smallest absolute Gasteiger partial charge is 0.275 e. The van der Waals surface area contributed by atoms with Crippen molar-refractivity contribution in [2.24, 2.45) is 11.1 Å². The number of benzene rings is 2. The summed E-state index contributed by atoms with van der Waals surface area (Å²) in [5, 5.41) is 4.46. The van der Waals surface area contributed by atoms with Crippen molar-refractivity contribution in [3.05, 3.63) is 59.2 Å². The normalized spacial score (nSPS) is 19.2. The Balaban J connectivity index is 1.52. The minimum atomic E-state index is -2.87. The highest BCUT2D eigenvalue weighted by molar-refractivity contribution is 8.00. The second kappa shape index (κ2) is 8.15. The second-order valence-corrected chi connectivity index (χ2v) is 9.96. The second-order valence-electron chi connectivity index (χ2n) is 8.98. The number of aryl methyl sites for hydroxylation is 1. The molecule has 5 nitrogen and oxygen atoms in total. The molecule has 0 atom stereocenters. The van der Waals surface area contributed by atoms with Gasteiger partial charge in [-0.2, -0.15) is 16.7 Å². The van der Waals surface area contributed by atoms with Crippen molar-refractivity contribution in [2.45, 2.75) is 25.8 Å². The Morgan fingerprint density at radius 1 is 1.16 bits per heavy atom. The fraction of sp³-hybridized carbons (Fsp3) is 0.417. The van der Waals surface area contributed by atoms with Crippen LogP contribution < -0.4 is 16.0 Å². The number of fused-ring (bicyclic) bond motifs is 2. The van der Waals surface area contributed by atoms with E-state index in [0.717, 1.165) is 40.3 Å². The van der Waals surface area contributed by atoms with Gasteiger partial charge < -0.3 is 16.0 Å². The molecule has 0 bridgehead atoms.